The third kappa shape index (κ3) is 5.98. The lowest BCUT2D eigenvalue weighted by atomic mass is 10.1. The quantitative estimate of drug-likeness (QED) is 0.818. The summed E-state index contributed by atoms with van der Waals surface area (Å²) in [5, 5.41) is 12.3. The van der Waals surface area contributed by atoms with Crippen LogP contribution in [-0.4, -0.2) is 65.7 Å². The number of hydrogen-bond donors (Lipinski definition) is 1. The summed E-state index contributed by atoms with van der Waals surface area (Å²) in [6.45, 7) is 8.75. The molecule has 1 saturated heterocycles. The molecule has 7 nitrogen and oxygen atoms in total. The monoisotopic (exact) mass is 389 g/mol. The van der Waals surface area contributed by atoms with Gasteiger partial charge in [-0.05, 0) is 52.0 Å². The predicted octanol–water partition coefficient (Wildman–Crippen LogP) is 2.31. The molecule has 1 aliphatic heterocycles. The van der Waals surface area contributed by atoms with Crippen molar-refractivity contribution in [2.24, 2.45) is 0 Å². The van der Waals surface area contributed by atoms with Crippen molar-refractivity contribution in [3.8, 4) is 5.75 Å². The van der Waals surface area contributed by atoms with Crippen LogP contribution >= 0.6 is 11.3 Å². The molecule has 0 unspecified atom stereocenters. The Hall–Kier alpha value is -2.03. The summed E-state index contributed by atoms with van der Waals surface area (Å²) in [6.07, 6.45) is 1.09. The zero-order chi connectivity index (χ0) is 19.2. The largest absolute Gasteiger partial charge is 0.486 e. The molecule has 1 aromatic heterocycles. The Morgan fingerprint density at radius 2 is 2.07 bits per heavy atom. The van der Waals surface area contributed by atoms with E-state index in [0.29, 0.717) is 18.3 Å². The molecule has 2 aromatic rings. The maximum absolute atomic E-state index is 12.3. The number of likely N-dealkylation sites (N-methyl/N-ethyl adjacent to an activating group) is 1. The van der Waals surface area contributed by atoms with Gasteiger partial charge in [-0.3, -0.25) is 15.0 Å². The Labute approximate surface area is 164 Å². The van der Waals surface area contributed by atoms with Crippen molar-refractivity contribution in [3.63, 3.8) is 0 Å². The average molecular weight is 390 g/mol. The fourth-order valence-electron chi connectivity index (χ4n) is 3.08. The van der Waals surface area contributed by atoms with E-state index >= 15 is 0 Å². The van der Waals surface area contributed by atoms with Gasteiger partial charge in [-0.2, -0.15) is 0 Å². The van der Waals surface area contributed by atoms with Gasteiger partial charge in [-0.1, -0.05) is 29.0 Å². The number of amides is 1. The van der Waals surface area contributed by atoms with E-state index in [0.717, 1.165) is 48.9 Å². The molecule has 0 atom stereocenters. The van der Waals surface area contributed by atoms with Gasteiger partial charge in [0, 0.05) is 13.1 Å². The Morgan fingerprint density at radius 3 is 2.89 bits per heavy atom. The molecular weight excluding hydrogens is 362 g/mol. The van der Waals surface area contributed by atoms with Gasteiger partial charge in [0.2, 0.25) is 11.0 Å². The molecule has 1 fully saturated rings. The van der Waals surface area contributed by atoms with E-state index in [2.05, 4.69) is 45.4 Å². The van der Waals surface area contributed by atoms with Crippen molar-refractivity contribution < 1.29 is 9.53 Å². The molecule has 1 amide bonds. The van der Waals surface area contributed by atoms with E-state index in [-0.39, 0.29) is 5.91 Å². The highest BCUT2D eigenvalue weighted by Gasteiger charge is 2.16. The highest BCUT2D eigenvalue weighted by Crippen LogP contribution is 2.22. The zero-order valence-corrected chi connectivity index (χ0v) is 17.0. The standard InChI is InChI=1S/C19H27N5O2S/c1-14-5-6-16(15(2)11-14)26-13-18-21-22-19(27-18)20-17(25)12-24-8-4-7-23(3)9-10-24/h5-6,11H,4,7-10,12-13H2,1-3H3,(H,20,22,25). The molecule has 0 bridgehead atoms. The van der Waals surface area contributed by atoms with Crippen LogP contribution in [0.3, 0.4) is 0 Å². The molecule has 1 N–H and O–H groups in total. The molecule has 1 aliphatic rings. The first-order valence-corrected chi connectivity index (χ1v) is 10.0. The first-order chi connectivity index (χ1) is 13.0. The van der Waals surface area contributed by atoms with E-state index in [1.165, 1.54) is 16.9 Å². The minimum absolute atomic E-state index is 0.0439. The predicted molar refractivity (Wildman–Crippen MR) is 107 cm³/mol. The summed E-state index contributed by atoms with van der Waals surface area (Å²) in [7, 11) is 2.12. The molecule has 27 heavy (non-hydrogen) atoms. The number of ether oxygens (including phenoxy) is 1. The fraction of sp³-hybridized carbons (Fsp3) is 0.526. The molecule has 0 aliphatic carbocycles. The lowest BCUT2D eigenvalue weighted by Crippen LogP contribution is -2.35. The first-order valence-electron chi connectivity index (χ1n) is 9.23. The SMILES string of the molecule is Cc1ccc(OCc2nnc(NC(=O)CN3CCCN(C)CC3)s2)c(C)c1. The first kappa shape index (κ1) is 19.7. The summed E-state index contributed by atoms with van der Waals surface area (Å²) in [4.78, 5) is 16.8. The highest BCUT2D eigenvalue weighted by molar-refractivity contribution is 7.15. The molecule has 146 valence electrons. The van der Waals surface area contributed by atoms with E-state index in [4.69, 9.17) is 4.74 Å². The Morgan fingerprint density at radius 1 is 1.22 bits per heavy atom. The second-order valence-electron chi connectivity index (χ2n) is 7.04. The van der Waals surface area contributed by atoms with Crippen molar-refractivity contribution in [2.75, 3.05) is 45.1 Å². The van der Waals surface area contributed by atoms with Crippen molar-refractivity contribution in [1.82, 2.24) is 20.0 Å². The zero-order valence-electron chi connectivity index (χ0n) is 16.2. The number of nitrogens with one attached hydrogen (secondary N) is 1. The van der Waals surface area contributed by atoms with Crippen LogP contribution in [0.15, 0.2) is 18.2 Å². The van der Waals surface area contributed by atoms with Gasteiger partial charge in [-0.15, -0.1) is 10.2 Å². The van der Waals surface area contributed by atoms with Crippen LogP contribution < -0.4 is 10.1 Å². The van der Waals surface area contributed by atoms with Crippen LogP contribution in [0, 0.1) is 13.8 Å². The second-order valence-corrected chi connectivity index (χ2v) is 8.10. The summed E-state index contributed by atoms with van der Waals surface area (Å²) in [5.41, 5.74) is 2.30. The van der Waals surface area contributed by atoms with E-state index < -0.39 is 0 Å². The van der Waals surface area contributed by atoms with Crippen molar-refractivity contribution in [3.05, 3.63) is 34.3 Å². The second kappa shape index (κ2) is 9.25. The molecule has 0 saturated carbocycles. The number of benzene rings is 1. The summed E-state index contributed by atoms with van der Waals surface area (Å²) in [5.74, 6) is 0.796. The molecular formula is C19H27N5O2S. The average Bonchev–Trinajstić information content (AvgIpc) is 2.95. The number of aromatic nitrogens is 2. The Balaban J connectivity index is 1.47. The van der Waals surface area contributed by atoms with Gasteiger partial charge in [0.15, 0.2) is 5.01 Å². The van der Waals surface area contributed by atoms with E-state index in [1.54, 1.807) is 0 Å². The normalized spacial score (nSPS) is 16.1. The lowest BCUT2D eigenvalue weighted by Gasteiger charge is -2.18. The summed E-state index contributed by atoms with van der Waals surface area (Å²) in [6, 6.07) is 6.07. The number of rotatable bonds is 6. The number of nitrogens with zero attached hydrogens (tertiary/aromatic N) is 4. The van der Waals surface area contributed by atoms with Crippen LogP contribution in [0.4, 0.5) is 5.13 Å². The number of hydrogen-bond acceptors (Lipinski definition) is 7. The lowest BCUT2D eigenvalue weighted by molar-refractivity contribution is -0.117. The molecule has 0 radical (unpaired) electrons. The van der Waals surface area contributed by atoms with Crippen LogP contribution in [0.2, 0.25) is 0 Å². The number of carbonyl (C=O) groups is 1. The van der Waals surface area contributed by atoms with Gasteiger partial charge in [0.1, 0.15) is 12.4 Å². The fourth-order valence-corrected chi connectivity index (χ4v) is 3.75. The number of anilines is 1. The maximum Gasteiger partial charge on any atom is 0.240 e. The van der Waals surface area contributed by atoms with Crippen molar-refractivity contribution in [1.29, 1.82) is 0 Å². The smallest absolute Gasteiger partial charge is 0.240 e. The van der Waals surface area contributed by atoms with Gasteiger partial charge in [0.05, 0.1) is 6.54 Å². The van der Waals surface area contributed by atoms with Crippen molar-refractivity contribution >= 4 is 22.4 Å². The minimum atomic E-state index is -0.0439. The minimum Gasteiger partial charge on any atom is -0.486 e. The summed E-state index contributed by atoms with van der Waals surface area (Å²) < 4.78 is 5.82. The Bertz CT molecular complexity index is 779. The molecule has 3 rings (SSSR count). The summed E-state index contributed by atoms with van der Waals surface area (Å²) >= 11 is 1.35. The topological polar surface area (TPSA) is 70.6 Å². The van der Waals surface area contributed by atoms with Crippen LogP contribution in [0.5, 0.6) is 5.75 Å². The number of carbonyl (C=O) groups excluding carboxylic acids is 1. The molecule has 8 heteroatoms. The molecule has 1 aromatic carbocycles. The molecule has 2 heterocycles. The third-order valence-corrected chi connectivity index (χ3v) is 5.39. The van der Waals surface area contributed by atoms with Crippen LogP contribution in [0.25, 0.3) is 0 Å². The third-order valence-electron chi connectivity index (χ3n) is 4.57. The van der Waals surface area contributed by atoms with Gasteiger partial charge < -0.3 is 9.64 Å². The highest BCUT2D eigenvalue weighted by atomic mass is 32.1. The van der Waals surface area contributed by atoms with Gasteiger partial charge in [-0.25, -0.2) is 0 Å². The van der Waals surface area contributed by atoms with Crippen molar-refractivity contribution in [2.45, 2.75) is 26.9 Å². The Kier molecular flexibility index (Phi) is 6.76. The maximum atomic E-state index is 12.3. The van der Waals surface area contributed by atoms with Gasteiger partial charge in [0.25, 0.3) is 0 Å². The van der Waals surface area contributed by atoms with Crippen LogP contribution in [-0.2, 0) is 11.4 Å². The number of aryl methyl sites for hydroxylation is 2. The van der Waals surface area contributed by atoms with E-state index in [1.807, 2.05) is 19.1 Å². The van der Waals surface area contributed by atoms with Gasteiger partial charge >= 0.3 is 0 Å². The molecule has 0 spiro atoms. The van der Waals surface area contributed by atoms with Crippen LogP contribution in [0.1, 0.15) is 22.6 Å². The van der Waals surface area contributed by atoms with E-state index in [9.17, 15) is 4.79 Å².